The number of nitrogens with zero attached hydrogens (tertiary/aromatic N) is 1. The quantitative estimate of drug-likeness (QED) is 0.443. The predicted molar refractivity (Wildman–Crippen MR) is 110 cm³/mol. The Balaban J connectivity index is 1.43. The van der Waals surface area contributed by atoms with Crippen molar-refractivity contribution in [1.82, 2.24) is 15.0 Å². The average Bonchev–Trinajstić information content (AvgIpc) is 3.27. The molecular weight excluding hydrogens is 380 g/mol. The molecule has 0 aliphatic heterocycles. The topological polar surface area (TPSA) is 90.6 Å². The molecule has 2 heterocycles. The molecule has 136 valence electrons. The van der Waals surface area contributed by atoms with Crippen molar-refractivity contribution in [1.29, 1.82) is 0 Å². The number of thioether (sulfide) groups is 1. The zero-order chi connectivity index (χ0) is 18.8. The van der Waals surface area contributed by atoms with Gasteiger partial charge in [-0.05, 0) is 25.1 Å². The number of amides is 1. The summed E-state index contributed by atoms with van der Waals surface area (Å²) < 4.78 is 0.849. The third kappa shape index (κ3) is 3.96. The van der Waals surface area contributed by atoms with E-state index >= 15 is 0 Å². The minimum atomic E-state index is -0.305. The lowest BCUT2D eigenvalue weighted by Gasteiger charge is -2.10. The van der Waals surface area contributed by atoms with Crippen LogP contribution in [0.4, 0.5) is 5.69 Å². The highest BCUT2D eigenvalue weighted by atomic mass is 32.2. The van der Waals surface area contributed by atoms with Crippen molar-refractivity contribution < 1.29 is 4.79 Å². The van der Waals surface area contributed by atoms with E-state index in [2.05, 4.69) is 20.3 Å². The van der Waals surface area contributed by atoms with Crippen LogP contribution in [-0.2, 0) is 4.79 Å². The molecule has 4 rings (SSSR count). The maximum atomic E-state index is 12.5. The standard InChI is InChI=1S/C19H16N4O2S2/c1-11(27-19-23-16(10-26-19)12-5-3-2-4-6-12)17(24)20-13-7-8-14-15(9-13)22-18(25)21-14/h2-11H,1H3,(H,20,24)(H2,21,22,25)/t11-/m0/s1. The van der Waals surface area contributed by atoms with Crippen LogP contribution in [0.3, 0.4) is 0 Å². The fourth-order valence-electron chi connectivity index (χ4n) is 2.61. The average molecular weight is 396 g/mol. The van der Waals surface area contributed by atoms with Gasteiger partial charge in [-0.3, -0.25) is 4.79 Å². The molecule has 6 nitrogen and oxygen atoms in total. The highest BCUT2D eigenvalue weighted by Gasteiger charge is 2.17. The van der Waals surface area contributed by atoms with E-state index < -0.39 is 0 Å². The number of carbonyl (C=O) groups excluding carboxylic acids is 1. The molecule has 4 aromatic rings. The lowest BCUT2D eigenvalue weighted by molar-refractivity contribution is -0.115. The smallest absolute Gasteiger partial charge is 0.323 e. The van der Waals surface area contributed by atoms with Gasteiger partial charge >= 0.3 is 5.69 Å². The van der Waals surface area contributed by atoms with Crippen LogP contribution < -0.4 is 11.0 Å². The van der Waals surface area contributed by atoms with Crippen LogP contribution in [-0.4, -0.2) is 26.1 Å². The number of H-pyrrole nitrogens is 2. The number of hydrogen-bond acceptors (Lipinski definition) is 5. The third-order valence-corrected chi connectivity index (χ3v) is 6.05. The summed E-state index contributed by atoms with van der Waals surface area (Å²) in [5.41, 5.74) is 3.71. The molecular formula is C19H16N4O2S2. The molecule has 0 aliphatic rings. The molecule has 8 heteroatoms. The Morgan fingerprint density at radius 1 is 1.15 bits per heavy atom. The van der Waals surface area contributed by atoms with Gasteiger partial charge in [0.25, 0.3) is 0 Å². The van der Waals surface area contributed by atoms with Crippen LogP contribution in [0.1, 0.15) is 6.92 Å². The van der Waals surface area contributed by atoms with Crippen LogP contribution in [0.2, 0.25) is 0 Å². The molecule has 2 aromatic heterocycles. The summed E-state index contributed by atoms with van der Waals surface area (Å²) in [6.45, 7) is 1.85. The number of fused-ring (bicyclic) bond motifs is 1. The summed E-state index contributed by atoms with van der Waals surface area (Å²) >= 11 is 2.95. The fraction of sp³-hybridized carbons (Fsp3) is 0.105. The summed E-state index contributed by atoms with van der Waals surface area (Å²) in [5.74, 6) is -0.117. The molecule has 3 N–H and O–H groups in total. The second kappa shape index (κ2) is 7.42. The summed E-state index contributed by atoms with van der Waals surface area (Å²) in [7, 11) is 0. The third-order valence-electron chi connectivity index (χ3n) is 3.98. The van der Waals surface area contributed by atoms with Crippen LogP contribution in [0.5, 0.6) is 0 Å². The number of imidazole rings is 1. The van der Waals surface area contributed by atoms with E-state index in [0.717, 1.165) is 15.6 Å². The zero-order valence-electron chi connectivity index (χ0n) is 14.4. The molecule has 0 unspecified atom stereocenters. The lowest BCUT2D eigenvalue weighted by atomic mass is 10.2. The maximum absolute atomic E-state index is 12.5. The second-order valence-electron chi connectivity index (χ2n) is 5.95. The molecule has 0 fully saturated rings. The van der Waals surface area contributed by atoms with Gasteiger partial charge in [0.05, 0.1) is 22.0 Å². The Bertz CT molecular complexity index is 1150. The van der Waals surface area contributed by atoms with Crippen molar-refractivity contribution in [3.05, 3.63) is 64.4 Å². The van der Waals surface area contributed by atoms with E-state index in [9.17, 15) is 9.59 Å². The van der Waals surface area contributed by atoms with E-state index in [4.69, 9.17) is 0 Å². The molecule has 0 saturated heterocycles. The van der Waals surface area contributed by atoms with Crippen molar-refractivity contribution in [2.45, 2.75) is 16.5 Å². The number of rotatable bonds is 5. The minimum absolute atomic E-state index is 0.117. The lowest BCUT2D eigenvalue weighted by Crippen LogP contribution is -2.22. The molecule has 2 aromatic carbocycles. The minimum Gasteiger partial charge on any atom is -0.325 e. The first-order chi connectivity index (χ1) is 13.1. The van der Waals surface area contributed by atoms with Gasteiger partial charge in [-0.2, -0.15) is 0 Å². The van der Waals surface area contributed by atoms with E-state index in [1.807, 2.05) is 42.6 Å². The van der Waals surface area contributed by atoms with Gasteiger partial charge in [0.1, 0.15) is 0 Å². The number of benzene rings is 2. The van der Waals surface area contributed by atoms with Crippen LogP contribution in [0, 0.1) is 0 Å². The normalized spacial score (nSPS) is 12.2. The molecule has 0 radical (unpaired) electrons. The van der Waals surface area contributed by atoms with E-state index in [0.29, 0.717) is 16.7 Å². The van der Waals surface area contributed by atoms with Crippen molar-refractivity contribution in [2.24, 2.45) is 0 Å². The summed E-state index contributed by atoms with van der Waals surface area (Å²) in [6.07, 6.45) is 0. The van der Waals surface area contributed by atoms with E-state index in [-0.39, 0.29) is 16.8 Å². The van der Waals surface area contributed by atoms with Gasteiger partial charge in [-0.1, -0.05) is 42.1 Å². The number of hydrogen-bond donors (Lipinski definition) is 3. The van der Waals surface area contributed by atoms with Gasteiger partial charge in [0.15, 0.2) is 4.34 Å². The Hall–Kier alpha value is -2.84. The number of nitrogens with one attached hydrogen (secondary N) is 3. The molecule has 27 heavy (non-hydrogen) atoms. The molecule has 1 amide bonds. The Morgan fingerprint density at radius 2 is 1.93 bits per heavy atom. The summed E-state index contributed by atoms with van der Waals surface area (Å²) in [5, 5.41) is 4.58. The van der Waals surface area contributed by atoms with Gasteiger partial charge in [-0.15, -0.1) is 11.3 Å². The van der Waals surface area contributed by atoms with Gasteiger partial charge in [-0.25, -0.2) is 9.78 Å². The first kappa shape index (κ1) is 17.6. The second-order valence-corrected chi connectivity index (χ2v) is 8.40. The molecule has 0 aliphatic carbocycles. The van der Waals surface area contributed by atoms with Crippen molar-refractivity contribution in [3.8, 4) is 11.3 Å². The molecule has 0 spiro atoms. The summed E-state index contributed by atoms with van der Waals surface area (Å²) in [6, 6.07) is 15.2. The maximum Gasteiger partial charge on any atom is 0.323 e. The van der Waals surface area contributed by atoms with Crippen molar-refractivity contribution in [3.63, 3.8) is 0 Å². The van der Waals surface area contributed by atoms with Crippen molar-refractivity contribution in [2.75, 3.05) is 5.32 Å². The largest absolute Gasteiger partial charge is 0.325 e. The fourth-order valence-corrected chi connectivity index (χ4v) is 4.58. The SMILES string of the molecule is C[C@H](Sc1nc(-c2ccccc2)cs1)C(=O)Nc1ccc2[nH]c(=O)[nH]c2c1. The van der Waals surface area contributed by atoms with E-state index in [1.165, 1.54) is 23.1 Å². The molecule has 1 atom stereocenters. The number of aromatic amines is 2. The highest BCUT2D eigenvalue weighted by molar-refractivity contribution is 8.02. The highest BCUT2D eigenvalue weighted by Crippen LogP contribution is 2.31. The van der Waals surface area contributed by atoms with Crippen LogP contribution >= 0.6 is 23.1 Å². The first-order valence-corrected chi connectivity index (χ1v) is 10.0. The molecule has 0 saturated carbocycles. The van der Waals surface area contributed by atoms with Crippen LogP contribution in [0.15, 0.2) is 63.0 Å². The van der Waals surface area contributed by atoms with Gasteiger partial charge in [0, 0.05) is 16.6 Å². The molecule has 0 bridgehead atoms. The van der Waals surface area contributed by atoms with Gasteiger partial charge in [0.2, 0.25) is 5.91 Å². The van der Waals surface area contributed by atoms with Gasteiger partial charge < -0.3 is 15.3 Å². The Morgan fingerprint density at radius 3 is 2.74 bits per heavy atom. The number of aromatic nitrogens is 3. The predicted octanol–water partition coefficient (Wildman–Crippen LogP) is 4.10. The summed E-state index contributed by atoms with van der Waals surface area (Å²) in [4.78, 5) is 33.8. The number of carbonyl (C=O) groups is 1. The zero-order valence-corrected chi connectivity index (χ0v) is 16.0. The number of thiazole rings is 1. The Labute approximate surface area is 163 Å². The van der Waals surface area contributed by atoms with Crippen LogP contribution in [0.25, 0.3) is 22.3 Å². The number of anilines is 1. The first-order valence-electron chi connectivity index (χ1n) is 8.29. The van der Waals surface area contributed by atoms with E-state index in [1.54, 1.807) is 18.2 Å². The Kier molecular flexibility index (Phi) is 4.83. The monoisotopic (exact) mass is 396 g/mol. The van der Waals surface area contributed by atoms with Crippen molar-refractivity contribution >= 4 is 45.7 Å².